The summed E-state index contributed by atoms with van der Waals surface area (Å²) < 4.78 is 5.48. The molecule has 0 fully saturated rings. The Balaban J connectivity index is 2.21. The van der Waals surface area contributed by atoms with Gasteiger partial charge in [0.1, 0.15) is 5.75 Å². The molecule has 1 amide bonds. The van der Waals surface area contributed by atoms with Crippen molar-refractivity contribution in [2.75, 3.05) is 6.61 Å². The number of benzene rings is 2. The van der Waals surface area contributed by atoms with Crippen LogP contribution in [0.1, 0.15) is 36.7 Å². The molecule has 22 heavy (non-hydrogen) atoms. The number of carbonyl (C=O) groups excluding carboxylic acids is 1. The number of hydrogen-bond acceptors (Lipinski definition) is 2. The van der Waals surface area contributed by atoms with Crippen LogP contribution in [0.3, 0.4) is 0 Å². The van der Waals surface area contributed by atoms with E-state index in [9.17, 15) is 4.79 Å². The maximum absolute atomic E-state index is 12.8. The monoisotopic (exact) mass is 297 g/mol. The van der Waals surface area contributed by atoms with Crippen LogP contribution in [0.5, 0.6) is 5.75 Å². The van der Waals surface area contributed by atoms with Crippen LogP contribution in [0, 0.1) is 0 Å². The van der Waals surface area contributed by atoms with Gasteiger partial charge in [0.2, 0.25) is 0 Å². The molecule has 3 heteroatoms. The Kier molecular flexibility index (Phi) is 5.59. The van der Waals surface area contributed by atoms with Crippen LogP contribution in [0.25, 0.3) is 0 Å². The second kappa shape index (κ2) is 7.64. The third-order valence-corrected chi connectivity index (χ3v) is 3.47. The highest BCUT2D eigenvalue weighted by atomic mass is 16.5. The van der Waals surface area contributed by atoms with Crippen LogP contribution < -0.4 is 4.74 Å². The molecule has 0 bridgehead atoms. The molecule has 2 rings (SSSR count). The van der Waals surface area contributed by atoms with Gasteiger partial charge in [-0.3, -0.25) is 4.79 Å². The van der Waals surface area contributed by atoms with E-state index in [4.69, 9.17) is 4.74 Å². The predicted molar refractivity (Wildman–Crippen MR) is 89.1 cm³/mol. The molecule has 0 aliphatic carbocycles. The molecular weight excluding hydrogens is 274 g/mol. The van der Waals surface area contributed by atoms with E-state index < -0.39 is 0 Å². The number of hydrogen-bond donors (Lipinski definition) is 0. The van der Waals surface area contributed by atoms with Crippen LogP contribution in [-0.2, 0) is 6.54 Å². The first-order chi connectivity index (χ1) is 10.6. The maximum Gasteiger partial charge on any atom is 0.254 e. The van der Waals surface area contributed by atoms with E-state index in [-0.39, 0.29) is 11.9 Å². The SMILES string of the molecule is CCOc1cccc(C(=O)N(Cc2ccccc2)C(C)C)c1. The fourth-order valence-electron chi connectivity index (χ4n) is 2.32. The van der Waals surface area contributed by atoms with Crippen molar-refractivity contribution in [3.63, 3.8) is 0 Å². The zero-order valence-corrected chi connectivity index (χ0v) is 13.5. The fourth-order valence-corrected chi connectivity index (χ4v) is 2.32. The molecule has 0 saturated carbocycles. The third-order valence-electron chi connectivity index (χ3n) is 3.47. The normalized spacial score (nSPS) is 10.5. The molecule has 0 atom stereocenters. The van der Waals surface area contributed by atoms with Crippen LogP contribution in [-0.4, -0.2) is 23.5 Å². The van der Waals surface area contributed by atoms with Gasteiger partial charge in [-0.25, -0.2) is 0 Å². The van der Waals surface area contributed by atoms with Gasteiger partial charge in [0, 0.05) is 18.2 Å². The number of rotatable bonds is 6. The molecule has 0 aliphatic heterocycles. The number of ether oxygens (including phenoxy) is 1. The van der Waals surface area contributed by atoms with E-state index in [0.29, 0.717) is 18.7 Å². The van der Waals surface area contributed by atoms with Crippen molar-refractivity contribution in [1.29, 1.82) is 0 Å². The molecule has 0 heterocycles. The molecule has 2 aromatic rings. The molecule has 0 aliphatic rings. The van der Waals surface area contributed by atoms with Crippen molar-refractivity contribution in [2.45, 2.75) is 33.4 Å². The predicted octanol–water partition coefficient (Wildman–Crippen LogP) is 4.14. The zero-order valence-electron chi connectivity index (χ0n) is 13.5. The molecule has 0 radical (unpaired) electrons. The van der Waals surface area contributed by atoms with E-state index in [1.807, 2.05) is 80.3 Å². The number of carbonyl (C=O) groups is 1. The highest BCUT2D eigenvalue weighted by Crippen LogP contribution is 2.18. The molecular formula is C19H23NO2. The van der Waals surface area contributed by atoms with E-state index in [1.54, 1.807) is 0 Å². The first-order valence-corrected chi connectivity index (χ1v) is 7.69. The van der Waals surface area contributed by atoms with Crippen molar-refractivity contribution in [3.8, 4) is 5.75 Å². The quantitative estimate of drug-likeness (QED) is 0.802. The lowest BCUT2D eigenvalue weighted by molar-refractivity contribution is 0.0690. The van der Waals surface area contributed by atoms with E-state index in [0.717, 1.165) is 11.3 Å². The summed E-state index contributed by atoms with van der Waals surface area (Å²) in [6, 6.07) is 17.6. The minimum absolute atomic E-state index is 0.0282. The summed E-state index contributed by atoms with van der Waals surface area (Å²) in [5.74, 6) is 0.761. The minimum Gasteiger partial charge on any atom is -0.494 e. The Morgan fingerprint density at radius 2 is 1.82 bits per heavy atom. The Labute approximate surface area is 132 Å². The second-order valence-corrected chi connectivity index (χ2v) is 5.47. The molecule has 0 spiro atoms. The van der Waals surface area contributed by atoms with Gasteiger partial charge in [0.15, 0.2) is 0 Å². The Hall–Kier alpha value is -2.29. The highest BCUT2D eigenvalue weighted by Gasteiger charge is 2.19. The van der Waals surface area contributed by atoms with Crippen LogP contribution in [0.15, 0.2) is 54.6 Å². The zero-order chi connectivity index (χ0) is 15.9. The van der Waals surface area contributed by atoms with Crippen molar-refractivity contribution < 1.29 is 9.53 Å². The first-order valence-electron chi connectivity index (χ1n) is 7.69. The van der Waals surface area contributed by atoms with Gasteiger partial charge in [0.25, 0.3) is 5.91 Å². The van der Waals surface area contributed by atoms with Gasteiger partial charge in [-0.05, 0) is 44.5 Å². The molecule has 0 saturated heterocycles. The number of nitrogens with zero attached hydrogens (tertiary/aromatic N) is 1. The molecule has 0 N–H and O–H groups in total. The van der Waals surface area contributed by atoms with Crippen molar-refractivity contribution in [2.24, 2.45) is 0 Å². The minimum atomic E-state index is 0.0282. The first kappa shape index (κ1) is 16.1. The standard InChI is InChI=1S/C19H23NO2/c1-4-22-18-12-8-11-17(13-18)19(21)20(15(2)3)14-16-9-6-5-7-10-16/h5-13,15H,4,14H2,1-3H3. The average molecular weight is 297 g/mol. The van der Waals surface area contributed by atoms with Crippen LogP contribution in [0.4, 0.5) is 0 Å². The lowest BCUT2D eigenvalue weighted by Crippen LogP contribution is -2.36. The van der Waals surface area contributed by atoms with Gasteiger partial charge >= 0.3 is 0 Å². The summed E-state index contributed by atoms with van der Waals surface area (Å²) in [6.07, 6.45) is 0. The van der Waals surface area contributed by atoms with Crippen molar-refractivity contribution >= 4 is 5.91 Å². The van der Waals surface area contributed by atoms with E-state index >= 15 is 0 Å². The second-order valence-electron chi connectivity index (χ2n) is 5.47. The highest BCUT2D eigenvalue weighted by molar-refractivity contribution is 5.94. The summed E-state index contributed by atoms with van der Waals surface area (Å²) in [5.41, 5.74) is 1.79. The van der Waals surface area contributed by atoms with E-state index in [1.165, 1.54) is 0 Å². The van der Waals surface area contributed by atoms with Gasteiger partial charge in [-0.1, -0.05) is 36.4 Å². The van der Waals surface area contributed by atoms with Gasteiger partial charge < -0.3 is 9.64 Å². The number of amides is 1. The Bertz CT molecular complexity index is 608. The summed E-state index contributed by atoms with van der Waals surface area (Å²) in [5, 5.41) is 0. The van der Waals surface area contributed by atoms with Gasteiger partial charge in [-0.15, -0.1) is 0 Å². The van der Waals surface area contributed by atoms with E-state index in [2.05, 4.69) is 0 Å². The Morgan fingerprint density at radius 1 is 1.09 bits per heavy atom. The van der Waals surface area contributed by atoms with Gasteiger partial charge in [-0.2, -0.15) is 0 Å². The topological polar surface area (TPSA) is 29.5 Å². The molecule has 116 valence electrons. The third kappa shape index (κ3) is 4.10. The lowest BCUT2D eigenvalue weighted by Gasteiger charge is -2.27. The average Bonchev–Trinajstić information content (AvgIpc) is 2.53. The smallest absolute Gasteiger partial charge is 0.254 e. The van der Waals surface area contributed by atoms with Gasteiger partial charge in [0.05, 0.1) is 6.61 Å². The molecule has 2 aromatic carbocycles. The maximum atomic E-state index is 12.8. The van der Waals surface area contributed by atoms with Crippen molar-refractivity contribution in [3.05, 3.63) is 65.7 Å². The molecule has 3 nitrogen and oxygen atoms in total. The molecule has 0 unspecified atom stereocenters. The lowest BCUT2D eigenvalue weighted by atomic mass is 10.1. The summed E-state index contributed by atoms with van der Waals surface area (Å²) in [4.78, 5) is 14.7. The van der Waals surface area contributed by atoms with Crippen LogP contribution in [0.2, 0.25) is 0 Å². The largest absolute Gasteiger partial charge is 0.494 e. The fraction of sp³-hybridized carbons (Fsp3) is 0.316. The molecule has 0 aromatic heterocycles. The summed E-state index contributed by atoms with van der Waals surface area (Å²) in [7, 11) is 0. The summed E-state index contributed by atoms with van der Waals surface area (Å²) >= 11 is 0. The van der Waals surface area contributed by atoms with Crippen LogP contribution >= 0.6 is 0 Å². The Morgan fingerprint density at radius 3 is 2.45 bits per heavy atom. The van der Waals surface area contributed by atoms with Crippen molar-refractivity contribution in [1.82, 2.24) is 4.90 Å². The summed E-state index contributed by atoms with van der Waals surface area (Å²) in [6.45, 7) is 7.20.